The Kier molecular flexibility index (Phi) is 5.25. The topological polar surface area (TPSA) is 89.9 Å². The summed E-state index contributed by atoms with van der Waals surface area (Å²) in [4.78, 5) is 30.7. The zero-order chi connectivity index (χ0) is 10.3. The van der Waals surface area contributed by atoms with Crippen molar-refractivity contribution in [3.05, 3.63) is 0 Å². The van der Waals surface area contributed by atoms with Crippen LogP contribution in [0.25, 0.3) is 0 Å². The van der Waals surface area contributed by atoms with Crippen molar-refractivity contribution < 1.29 is 29.0 Å². The lowest BCUT2D eigenvalue weighted by Gasteiger charge is -2.10. The summed E-state index contributed by atoms with van der Waals surface area (Å²) in [5, 5.41) is 8.46. The van der Waals surface area contributed by atoms with E-state index >= 15 is 0 Å². The third-order valence-electron chi connectivity index (χ3n) is 1.19. The van der Waals surface area contributed by atoms with Gasteiger partial charge in [0, 0.05) is 0 Å². The molecule has 13 heavy (non-hydrogen) atoms. The number of carbonyl (C=O) groups excluding carboxylic acids is 2. The molecular formula is C7H10O6. The van der Waals surface area contributed by atoms with E-state index in [1.54, 1.807) is 6.92 Å². The Morgan fingerprint density at radius 2 is 2.15 bits per heavy atom. The molecule has 0 bridgehead atoms. The lowest BCUT2D eigenvalue weighted by atomic mass is 10.3. The first-order valence-corrected chi connectivity index (χ1v) is 3.59. The van der Waals surface area contributed by atoms with E-state index in [0.29, 0.717) is 0 Å². The molecule has 6 heteroatoms. The molecule has 1 unspecified atom stereocenters. The summed E-state index contributed by atoms with van der Waals surface area (Å²) in [6.45, 7) is 1.09. The predicted octanol–water partition coefficient (Wildman–Crippen LogP) is -0.434. The fraction of sp³-hybridized carbons (Fsp3) is 0.571. The minimum Gasteiger partial charge on any atom is -0.479 e. The molecule has 0 fully saturated rings. The second kappa shape index (κ2) is 5.99. The van der Waals surface area contributed by atoms with E-state index < -0.39 is 24.6 Å². The van der Waals surface area contributed by atoms with Crippen molar-refractivity contribution in [2.24, 2.45) is 0 Å². The van der Waals surface area contributed by atoms with E-state index in [2.05, 4.69) is 9.47 Å². The van der Waals surface area contributed by atoms with Crippen molar-refractivity contribution >= 4 is 18.4 Å². The highest BCUT2D eigenvalue weighted by molar-refractivity contribution is 5.78. The van der Waals surface area contributed by atoms with Gasteiger partial charge in [0.05, 0.1) is 0 Å². The second-order valence-corrected chi connectivity index (χ2v) is 2.13. The first-order chi connectivity index (χ1) is 6.11. The van der Waals surface area contributed by atoms with Gasteiger partial charge in [0.1, 0.15) is 0 Å². The number of carboxylic acid groups (broad SMARTS) is 1. The zero-order valence-corrected chi connectivity index (χ0v) is 7.06. The highest BCUT2D eigenvalue weighted by atomic mass is 16.6. The number of aliphatic carboxylic acids is 1. The highest BCUT2D eigenvalue weighted by Gasteiger charge is 2.19. The Balaban J connectivity index is 3.86. The summed E-state index contributed by atoms with van der Waals surface area (Å²) in [6.07, 6.45) is -1.01. The van der Waals surface area contributed by atoms with Crippen LogP contribution >= 0.6 is 0 Å². The molecule has 0 aromatic carbocycles. The van der Waals surface area contributed by atoms with Gasteiger partial charge in [-0.1, -0.05) is 6.92 Å². The Hall–Kier alpha value is -1.59. The molecule has 0 spiro atoms. The number of esters is 1. The third kappa shape index (κ3) is 4.78. The van der Waals surface area contributed by atoms with Gasteiger partial charge >= 0.3 is 11.9 Å². The van der Waals surface area contributed by atoms with Crippen molar-refractivity contribution in [3.8, 4) is 0 Å². The lowest BCUT2D eigenvalue weighted by molar-refractivity contribution is -0.168. The maximum atomic E-state index is 10.7. The van der Waals surface area contributed by atoms with E-state index in [1.807, 2.05) is 0 Å². The average Bonchev–Trinajstić information content (AvgIpc) is 2.10. The number of hydrogen-bond acceptors (Lipinski definition) is 5. The molecule has 0 amide bonds. The molecule has 0 saturated heterocycles. The number of carboxylic acids is 1. The summed E-state index contributed by atoms with van der Waals surface area (Å²) in [7, 11) is 0. The largest absolute Gasteiger partial charge is 0.479 e. The van der Waals surface area contributed by atoms with E-state index in [9.17, 15) is 14.4 Å². The monoisotopic (exact) mass is 190 g/mol. The number of hydrogen-bond donors (Lipinski definition) is 1. The van der Waals surface area contributed by atoms with Crippen LogP contribution in [0.3, 0.4) is 0 Å². The Bertz CT molecular complexity index is 199. The molecule has 0 aliphatic rings. The van der Waals surface area contributed by atoms with E-state index in [4.69, 9.17) is 5.11 Å². The molecule has 6 nitrogen and oxygen atoms in total. The summed E-state index contributed by atoms with van der Waals surface area (Å²) >= 11 is 0. The predicted molar refractivity (Wildman–Crippen MR) is 39.8 cm³/mol. The van der Waals surface area contributed by atoms with Gasteiger partial charge in [-0.05, 0) is 6.42 Å². The maximum Gasteiger partial charge on any atom is 0.345 e. The summed E-state index contributed by atoms with van der Waals surface area (Å²) in [5.74, 6) is -2.09. The van der Waals surface area contributed by atoms with Gasteiger partial charge in [-0.25, -0.2) is 9.59 Å². The molecule has 0 aliphatic carbocycles. The molecule has 0 aliphatic heterocycles. The zero-order valence-electron chi connectivity index (χ0n) is 7.06. The van der Waals surface area contributed by atoms with Crippen LogP contribution < -0.4 is 0 Å². The molecule has 1 atom stereocenters. The van der Waals surface area contributed by atoms with Crippen LogP contribution in [-0.4, -0.2) is 36.2 Å². The first kappa shape index (κ1) is 11.4. The van der Waals surface area contributed by atoms with Crippen LogP contribution in [0.15, 0.2) is 0 Å². The van der Waals surface area contributed by atoms with Gasteiger partial charge in [-0.15, -0.1) is 0 Å². The van der Waals surface area contributed by atoms with Crippen LogP contribution in [0.2, 0.25) is 0 Å². The second-order valence-electron chi connectivity index (χ2n) is 2.13. The molecule has 0 rings (SSSR count). The quantitative estimate of drug-likeness (QED) is 0.451. The van der Waals surface area contributed by atoms with Gasteiger partial charge < -0.3 is 14.6 Å². The lowest BCUT2D eigenvalue weighted by Crippen LogP contribution is -2.28. The van der Waals surface area contributed by atoms with Crippen LogP contribution in [0.5, 0.6) is 0 Å². The molecule has 1 N–H and O–H groups in total. The van der Waals surface area contributed by atoms with Gasteiger partial charge in [-0.3, -0.25) is 4.79 Å². The van der Waals surface area contributed by atoms with E-state index in [1.165, 1.54) is 0 Å². The highest BCUT2D eigenvalue weighted by Crippen LogP contribution is 1.98. The molecular weight excluding hydrogens is 180 g/mol. The Morgan fingerprint density at radius 3 is 2.54 bits per heavy atom. The van der Waals surface area contributed by atoms with Crippen LogP contribution in [-0.2, 0) is 23.9 Å². The van der Waals surface area contributed by atoms with Crippen LogP contribution in [0.4, 0.5) is 0 Å². The van der Waals surface area contributed by atoms with Gasteiger partial charge in [0.25, 0.3) is 6.47 Å². The standard InChI is InChI=1S/C7H10O6/c1-2-5(7(10)11)13-6(9)3-12-4-8/h4-5H,2-3H2,1H3,(H,10,11). The van der Waals surface area contributed by atoms with Gasteiger partial charge in [-0.2, -0.15) is 0 Å². The van der Waals surface area contributed by atoms with Crippen molar-refractivity contribution in [3.63, 3.8) is 0 Å². The number of rotatable bonds is 6. The Labute approximate surface area is 74.4 Å². The summed E-state index contributed by atoms with van der Waals surface area (Å²) < 4.78 is 8.51. The van der Waals surface area contributed by atoms with Gasteiger partial charge in [0.2, 0.25) is 0 Å². The summed E-state index contributed by atoms with van der Waals surface area (Å²) in [6, 6.07) is 0. The molecule has 0 aromatic rings. The SMILES string of the molecule is CCC(OC(=O)COC=O)C(=O)O. The number of ether oxygens (including phenoxy) is 2. The maximum absolute atomic E-state index is 10.7. The van der Waals surface area contributed by atoms with Crippen LogP contribution in [0, 0.1) is 0 Å². The molecule has 0 radical (unpaired) electrons. The molecule has 0 heterocycles. The third-order valence-corrected chi connectivity index (χ3v) is 1.19. The van der Waals surface area contributed by atoms with Crippen molar-refractivity contribution in [1.82, 2.24) is 0 Å². The fourth-order valence-corrected chi connectivity index (χ4v) is 0.603. The van der Waals surface area contributed by atoms with Crippen molar-refractivity contribution in [2.75, 3.05) is 6.61 Å². The van der Waals surface area contributed by atoms with E-state index in [0.717, 1.165) is 0 Å². The summed E-state index contributed by atoms with van der Waals surface area (Å²) in [5.41, 5.74) is 0. The Morgan fingerprint density at radius 1 is 1.54 bits per heavy atom. The van der Waals surface area contributed by atoms with Gasteiger partial charge in [0.15, 0.2) is 12.7 Å². The van der Waals surface area contributed by atoms with Crippen LogP contribution in [0.1, 0.15) is 13.3 Å². The molecule has 0 aromatic heterocycles. The smallest absolute Gasteiger partial charge is 0.345 e. The van der Waals surface area contributed by atoms with Crippen molar-refractivity contribution in [2.45, 2.75) is 19.4 Å². The fourth-order valence-electron chi connectivity index (χ4n) is 0.603. The minimum atomic E-state index is -1.22. The molecule has 74 valence electrons. The average molecular weight is 190 g/mol. The molecule has 0 saturated carbocycles. The minimum absolute atomic E-state index is 0.0863. The van der Waals surface area contributed by atoms with E-state index in [-0.39, 0.29) is 12.9 Å². The normalized spacial score (nSPS) is 11.5. The number of carbonyl (C=O) groups is 3. The first-order valence-electron chi connectivity index (χ1n) is 3.59. The van der Waals surface area contributed by atoms with Crippen molar-refractivity contribution in [1.29, 1.82) is 0 Å².